The number of halogens is 2. The van der Waals surface area contributed by atoms with Gasteiger partial charge in [-0.15, -0.1) is 0 Å². The van der Waals surface area contributed by atoms with Gasteiger partial charge in [0.05, 0.1) is 11.1 Å². The first-order chi connectivity index (χ1) is 13.8. The summed E-state index contributed by atoms with van der Waals surface area (Å²) in [4.78, 5) is 26.4. The summed E-state index contributed by atoms with van der Waals surface area (Å²) in [5, 5.41) is 12.5. The third-order valence-corrected chi connectivity index (χ3v) is 5.37. The molecule has 0 spiro atoms. The molecule has 1 heterocycles. The van der Waals surface area contributed by atoms with E-state index in [2.05, 4.69) is 22.1 Å². The number of nitrogens with two attached hydrogens (primary N) is 1. The molecular weight excluding hydrogens is 378 g/mol. The molecule has 0 bridgehead atoms. The van der Waals surface area contributed by atoms with Crippen LogP contribution in [0.1, 0.15) is 65.7 Å². The van der Waals surface area contributed by atoms with E-state index in [0.717, 1.165) is 0 Å². The minimum Gasteiger partial charge on any atom is -0.365 e. The van der Waals surface area contributed by atoms with E-state index in [4.69, 9.17) is 5.73 Å². The zero-order valence-electron chi connectivity index (χ0n) is 16.1. The fourth-order valence-electron chi connectivity index (χ4n) is 4.20. The molecule has 2 aromatic rings. The Hall–Kier alpha value is -3.39. The SMILES string of the molecule is CC#CC(=O)N[C@H]1CCCC(c2c(F)c(F)c(C(N)=O)c3[nH]c(C)c(C#N)c23)C1. The Morgan fingerprint density at radius 3 is 2.62 bits per heavy atom. The predicted molar refractivity (Wildman–Crippen MR) is 103 cm³/mol. The first-order valence-electron chi connectivity index (χ1n) is 9.26. The average molecular weight is 398 g/mol. The molecule has 1 saturated carbocycles. The molecule has 1 aliphatic rings. The lowest BCUT2D eigenvalue weighted by molar-refractivity contribution is -0.116. The number of nitriles is 1. The van der Waals surface area contributed by atoms with Gasteiger partial charge in [-0.25, -0.2) is 8.78 Å². The Kier molecular flexibility index (Phi) is 5.56. The van der Waals surface area contributed by atoms with Crippen LogP contribution >= 0.6 is 0 Å². The van der Waals surface area contributed by atoms with Crippen molar-refractivity contribution in [3.63, 3.8) is 0 Å². The number of nitrogens with zero attached hydrogens (tertiary/aromatic N) is 1. The number of amides is 2. The Balaban J connectivity index is 2.16. The van der Waals surface area contributed by atoms with Gasteiger partial charge in [-0.05, 0) is 44.9 Å². The summed E-state index contributed by atoms with van der Waals surface area (Å²) in [6.07, 6.45) is 2.30. The van der Waals surface area contributed by atoms with Gasteiger partial charge in [0.25, 0.3) is 11.8 Å². The van der Waals surface area contributed by atoms with Crippen molar-refractivity contribution in [3.05, 3.63) is 34.0 Å². The van der Waals surface area contributed by atoms with Crippen molar-refractivity contribution in [2.45, 2.75) is 51.5 Å². The average Bonchev–Trinajstić information content (AvgIpc) is 2.97. The van der Waals surface area contributed by atoms with Crippen LogP contribution in [0.2, 0.25) is 0 Å². The molecule has 1 aromatic heterocycles. The van der Waals surface area contributed by atoms with Crippen LogP contribution in [0.3, 0.4) is 0 Å². The molecule has 1 aromatic carbocycles. The smallest absolute Gasteiger partial charge is 0.296 e. The number of aryl methyl sites for hydroxylation is 1. The number of aromatic amines is 1. The Morgan fingerprint density at radius 1 is 1.28 bits per heavy atom. The van der Waals surface area contributed by atoms with Crippen LogP contribution in [0, 0.1) is 41.7 Å². The van der Waals surface area contributed by atoms with Gasteiger partial charge >= 0.3 is 0 Å². The quantitative estimate of drug-likeness (QED) is 0.691. The third kappa shape index (κ3) is 3.54. The number of fused-ring (bicyclic) bond motifs is 1. The summed E-state index contributed by atoms with van der Waals surface area (Å²) >= 11 is 0. The summed E-state index contributed by atoms with van der Waals surface area (Å²) in [7, 11) is 0. The second kappa shape index (κ2) is 7.92. The highest BCUT2D eigenvalue weighted by Gasteiger charge is 2.33. The largest absolute Gasteiger partial charge is 0.365 e. The highest BCUT2D eigenvalue weighted by Crippen LogP contribution is 2.42. The van der Waals surface area contributed by atoms with Gasteiger partial charge in [0.15, 0.2) is 11.6 Å². The number of primary amides is 1. The minimum atomic E-state index is -1.33. The van der Waals surface area contributed by atoms with Crippen LogP contribution in [-0.2, 0) is 4.79 Å². The molecule has 3 rings (SSSR count). The van der Waals surface area contributed by atoms with Crippen LogP contribution in [0.4, 0.5) is 8.78 Å². The monoisotopic (exact) mass is 398 g/mol. The summed E-state index contributed by atoms with van der Waals surface area (Å²) in [6, 6.07) is 1.76. The second-order valence-corrected chi connectivity index (χ2v) is 7.18. The lowest BCUT2D eigenvalue weighted by Crippen LogP contribution is -2.37. The highest BCUT2D eigenvalue weighted by atomic mass is 19.2. The molecule has 2 amide bonds. The molecule has 0 saturated heterocycles. The Labute approximate surface area is 166 Å². The highest BCUT2D eigenvalue weighted by molar-refractivity contribution is 6.08. The van der Waals surface area contributed by atoms with Crippen LogP contribution < -0.4 is 11.1 Å². The van der Waals surface area contributed by atoms with Gasteiger partial charge in [0.2, 0.25) is 0 Å². The summed E-state index contributed by atoms with van der Waals surface area (Å²) in [5.41, 5.74) is 5.31. The maximum Gasteiger partial charge on any atom is 0.296 e. The molecule has 6 nitrogen and oxygen atoms in total. The second-order valence-electron chi connectivity index (χ2n) is 7.18. The van der Waals surface area contributed by atoms with E-state index >= 15 is 4.39 Å². The van der Waals surface area contributed by atoms with E-state index in [1.807, 2.05) is 6.07 Å². The van der Waals surface area contributed by atoms with Gasteiger partial charge in [-0.3, -0.25) is 9.59 Å². The summed E-state index contributed by atoms with van der Waals surface area (Å²) in [5.74, 6) is 0.449. The molecule has 1 aliphatic carbocycles. The van der Waals surface area contributed by atoms with Crippen molar-refractivity contribution in [3.8, 4) is 17.9 Å². The summed E-state index contributed by atoms with van der Waals surface area (Å²) in [6.45, 7) is 3.15. The maximum atomic E-state index is 15.2. The molecule has 150 valence electrons. The number of benzene rings is 1. The van der Waals surface area contributed by atoms with Crippen LogP contribution in [0.15, 0.2) is 0 Å². The van der Waals surface area contributed by atoms with Gasteiger partial charge in [0, 0.05) is 22.7 Å². The van der Waals surface area contributed by atoms with E-state index in [1.54, 1.807) is 13.8 Å². The number of H-pyrrole nitrogens is 1. The van der Waals surface area contributed by atoms with Crippen molar-refractivity contribution in [1.82, 2.24) is 10.3 Å². The number of nitrogens with one attached hydrogen (secondary N) is 2. The van der Waals surface area contributed by atoms with Crippen LogP contribution in [0.5, 0.6) is 0 Å². The van der Waals surface area contributed by atoms with Crippen molar-refractivity contribution >= 4 is 22.7 Å². The number of carbonyl (C=O) groups is 2. The van der Waals surface area contributed by atoms with E-state index in [0.29, 0.717) is 31.4 Å². The van der Waals surface area contributed by atoms with Crippen LogP contribution in [0.25, 0.3) is 10.9 Å². The molecule has 2 atom stereocenters. The molecule has 1 unspecified atom stereocenters. The lowest BCUT2D eigenvalue weighted by Gasteiger charge is -2.30. The van der Waals surface area contributed by atoms with Gasteiger partial charge in [0.1, 0.15) is 11.6 Å². The molecule has 4 N–H and O–H groups in total. The van der Waals surface area contributed by atoms with E-state index in [1.165, 1.54) is 0 Å². The van der Waals surface area contributed by atoms with Crippen molar-refractivity contribution in [1.29, 1.82) is 5.26 Å². The molecule has 0 radical (unpaired) electrons. The fourth-order valence-corrected chi connectivity index (χ4v) is 4.20. The zero-order valence-corrected chi connectivity index (χ0v) is 16.1. The van der Waals surface area contributed by atoms with Crippen molar-refractivity contribution in [2.24, 2.45) is 5.73 Å². The fraction of sp³-hybridized carbons (Fsp3) is 0.381. The normalized spacial score (nSPS) is 18.6. The maximum absolute atomic E-state index is 15.2. The van der Waals surface area contributed by atoms with E-state index < -0.39 is 34.9 Å². The molecular formula is C21H20F2N4O2. The van der Waals surface area contributed by atoms with Gasteiger partial charge < -0.3 is 16.0 Å². The molecule has 29 heavy (non-hydrogen) atoms. The van der Waals surface area contributed by atoms with E-state index in [-0.39, 0.29) is 28.1 Å². The first kappa shape index (κ1) is 20.3. The molecule has 1 fully saturated rings. The molecule has 8 heteroatoms. The predicted octanol–water partition coefficient (Wildman–Crippen LogP) is 2.89. The summed E-state index contributed by atoms with van der Waals surface area (Å²) < 4.78 is 29.9. The van der Waals surface area contributed by atoms with E-state index in [9.17, 15) is 19.2 Å². The number of aromatic nitrogens is 1. The third-order valence-electron chi connectivity index (χ3n) is 5.37. The number of hydrogen-bond donors (Lipinski definition) is 3. The van der Waals surface area contributed by atoms with Crippen molar-refractivity contribution in [2.75, 3.05) is 0 Å². The van der Waals surface area contributed by atoms with Gasteiger partial charge in [-0.2, -0.15) is 5.26 Å². The number of carbonyl (C=O) groups excluding carboxylic acids is 2. The standard InChI is InChI=1S/C21H20F2N4O2/c1-3-5-14(28)27-12-7-4-6-11(8-12)15-16-13(9-24)10(2)26-20(16)17(21(25)29)19(23)18(15)22/h11-12,26H,4,6-8H2,1-2H3,(H2,25,29)(H,27,28)/t11?,12-/m0/s1. The zero-order chi connectivity index (χ0) is 21.3. The minimum absolute atomic E-state index is 0.0310. The van der Waals surface area contributed by atoms with Crippen molar-refractivity contribution < 1.29 is 18.4 Å². The number of hydrogen-bond acceptors (Lipinski definition) is 3. The number of rotatable bonds is 3. The first-order valence-corrected chi connectivity index (χ1v) is 9.26. The van der Waals surface area contributed by atoms with Crippen LogP contribution in [-0.4, -0.2) is 22.8 Å². The lowest BCUT2D eigenvalue weighted by atomic mass is 9.79. The Morgan fingerprint density at radius 2 is 2.00 bits per heavy atom. The molecule has 0 aliphatic heterocycles. The Bertz CT molecular complexity index is 1120. The van der Waals surface area contributed by atoms with Gasteiger partial charge in [-0.1, -0.05) is 12.3 Å². The topological polar surface area (TPSA) is 112 Å².